The summed E-state index contributed by atoms with van der Waals surface area (Å²) in [6.45, 7) is 0.308. The zero-order chi connectivity index (χ0) is 10.6. The molecule has 0 saturated heterocycles. The van der Waals surface area contributed by atoms with Gasteiger partial charge in [-0.25, -0.2) is 4.39 Å². The van der Waals surface area contributed by atoms with Crippen molar-refractivity contribution in [3.63, 3.8) is 0 Å². The SMILES string of the molecule is O=C(NCCCl)c1ccc(Cl)cc1F. The summed E-state index contributed by atoms with van der Waals surface area (Å²) < 4.78 is 13.1. The molecule has 1 aromatic carbocycles. The van der Waals surface area contributed by atoms with Gasteiger partial charge in [-0.1, -0.05) is 11.6 Å². The highest BCUT2D eigenvalue weighted by Gasteiger charge is 2.10. The van der Waals surface area contributed by atoms with Crippen molar-refractivity contribution in [1.29, 1.82) is 0 Å². The van der Waals surface area contributed by atoms with Crippen molar-refractivity contribution in [2.24, 2.45) is 0 Å². The van der Waals surface area contributed by atoms with E-state index in [4.69, 9.17) is 23.2 Å². The number of hydrogen-bond donors (Lipinski definition) is 1. The molecule has 0 aliphatic rings. The Balaban J connectivity index is 2.80. The van der Waals surface area contributed by atoms with Gasteiger partial charge in [0.15, 0.2) is 0 Å². The third-order valence-electron chi connectivity index (χ3n) is 1.56. The lowest BCUT2D eigenvalue weighted by molar-refractivity contribution is 0.0952. The standard InChI is InChI=1S/C9H8Cl2FNO/c10-3-4-13-9(14)7-2-1-6(11)5-8(7)12/h1-2,5H,3-4H2,(H,13,14). The molecule has 0 bridgehead atoms. The second kappa shape index (κ2) is 5.17. The van der Waals surface area contributed by atoms with Gasteiger partial charge in [0.2, 0.25) is 0 Å². The molecule has 1 rings (SSSR count). The molecule has 76 valence electrons. The second-order valence-corrected chi connectivity index (χ2v) is 3.38. The highest BCUT2D eigenvalue weighted by atomic mass is 35.5. The quantitative estimate of drug-likeness (QED) is 0.802. The van der Waals surface area contributed by atoms with E-state index in [1.54, 1.807) is 0 Å². The van der Waals surface area contributed by atoms with Gasteiger partial charge in [0, 0.05) is 17.4 Å². The van der Waals surface area contributed by atoms with Crippen LogP contribution in [-0.2, 0) is 0 Å². The van der Waals surface area contributed by atoms with E-state index in [0.717, 1.165) is 6.07 Å². The van der Waals surface area contributed by atoms with Crippen LogP contribution in [-0.4, -0.2) is 18.3 Å². The van der Waals surface area contributed by atoms with Crippen LogP contribution < -0.4 is 5.32 Å². The Hall–Kier alpha value is -0.800. The second-order valence-electron chi connectivity index (χ2n) is 2.57. The minimum absolute atomic E-state index is 0.0282. The molecule has 0 heterocycles. The van der Waals surface area contributed by atoms with E-state index in [0.29, 0.717) is 12.4 Å². The van der Waals surface area contributed by atoms with Gasteiger partial charge in [0.25, 0.3) is 5.91 Å². The zero-order valence-corrected chi connectivity index (χ0v) is 8.70. The van der Waals surface area contributed by atoms with Gasteiger partial charge in [-0.3, -0.25) is 4.79 Å². The lowest BCUT2D eigenvalue weighted by Gasteiger charge is -2.03. The maximum absolute atomic E-state index is 13.1. The Bertz CT molecular complexity index is 344. The summed E-state index contributed by atoms with van der Waals surface area (Å²) in [7, 11) is 0. The largest absolute Gasteiger partial charge is 0.351 e. The number of rotatable bonds is 3. The summed E-state index contributed by atoms with van der Waals surface area (Å²) in [6.07, 6.45) is 0. The Morgan fingerprint density at radius 3 is 2.79 bits per heavy atom. The highest BCUT2D eigenvalue weighted by Crippen LogP contribution is 2.14. The van der Waals surface area contributed by atoms with Crippen molar-refractivity contribution >= 4 is 29.1 Å². The van der Waals surface area contributed by atoms with E-state index in [2.05, 4.69) is 5.32 Å². The molecular formula is C9H8Cl2FNO. The number of carbonyl (C=O) groups is 1. The molecule has 0 spiro atoms. The predicted octanol–water partition coefficient (Wildman–Crippen LogP) is 2.45. The van der Waals surface area contributed by atoms with Crippen molar-refractivity contribution in [2.75, 3.05) is 12.4 Å². The Morgan fingerprint density at radius 2 is 2.21 bits per heavy atom. The van der Waals surface area contributed by atoms with Gasteiger partial charge in [-0.05, 0) is 18.2 Å². The Labute approximate surface area is 91.0 Å². The van der Waals surface area contributed by atoms with Crippen molar-refractivity contribution < 1.29 is 9.18 Å². The molecular weight excluding hydrogens is 228 g/mol. The molecule has 0 fully saturated rings. The van der Waals surface area contributed by atoms with Gasteiger partial charge >= 0.3 is 0 Å². The minimum Gasteiger partial charge on any atom is -0.351 e. The summed E-state index contributed by atoms with van der Waals surface area (Å²) in [5.74, 6) is -0.828. The lowest BCUT2D eigenvalue weighted by Crippen LogP contribution is -2.26. The van der Waals surface area contributed by atoms with Crippen LogP contribution in [0.4, 0.5) is 4.39 Å². The summed E-state index contributed by atoms with van der Waals surface area (Å²) in [5.41, 5.74) is -0.0282. The van der Waals surface area contributed by atoms with E-state index in [-0.39, 0.29) is 10.6 Å². The lowest BCUT2D eigenvalue weighted by atomic mass is 10.2. The third kappa shape index (κ3) is 2.86. The molecule has 1 aromatic rings. The molecule has 14 heavy (non-hydrogen) atoms. The van der Waals surface area contributed by atoms with Crippen LogP contribution in [0.5, 0.6) is 0 Å². The smallest absolute Gasteiger partial charge is 0.254 e. The number of alkyl halides is 1. The van der Waals surface area contributed by atoms with Crippen LogP contribution in [0.1, 0.15) is 10.4 Å². The number of hydrogen-bond acceptors (Lipinski definition) is 1. The van der Waals surface area contributed by atoms with Gasteiger partial charge < -0.3 is 5.32 Å². The molecule has 2 nitrogen and oxygen atoms in total. The van der Waals surface area contributed by atoms with E-state index in [1.165, 1.54) is 12.1 Å². The highest BCUT2D eigenvalue weighted by molar-refractivity contribution is 6.30. The number of nitrogens with one attached hydrogen (secondary N) is 1. The first kappa shape index (κ1) is 11.3. The molecule has 0 atom stereocenters. The zero-order valence-electron chi connectivity index (χ0n) is 7.19. The average molecular weight is 236 g/mol. The molecule has 0 aromatic heterocycles. The van der Waals surface area contributed by atoms with Crippen molar-refractivity contribution in [3.8, 4) is 0 Å². The number of carbonyl (C=O) groups excluding carboxylic acids is 1. The average Bonchev–Trinajstić information content (AvgIpc) is 2.14. The first-order valence-electron chi connectivity index (χ1n) is 3.94. The third-order valence-corrected chi connectivity index (χ3v) is 1.98. The van der Waals surface area contributed by atoms with E-state index in [1.807, 2.05) is 0 Å². The Morgan fingerprint density at radius 1 is 1.50 bits per heavy atom. The Kier molecular flexibility index (Phi) is 4.17. The van der Waals surface area contributed by atoms with Crippen molar-refractivity contribution in [2.45, 2.75) is 0 Å². The fourth-order valence-corrected chi connectivity index (χ4v) is 1.18. The van der Waals surface area contributed by atoms with E-state index >= 15 is 0 Å². The molecule has 5 heteroatoms. The normalized spacial score (nSPS) is 9.93. The monoisotopic (exact) mass is 235 g/mol. The van der Waals surface area contributed by atoms with Crippen LogP contribution in [0, 0.1) is 5.82 Å². The fourth-order valence-electron chi connectivity index (χ4n) is 0.930. The number of benzene rings is 1. The maximum Gasteiger partial charge on any atom is 0.254 e. The van der Waals surface area contributed by atoms with Crippen LogP contribution in [0.2, 0.25) is 5.02 Å². The van der Waals surface area contributed by atoms with Crippen LogP contribution in [0.15, 0.2) is 18.2 Å². The van der Waals surface area contributed by atoms with Crippen molar-refractivity contribution in [3.05, 3.63) is 34.6 Å². The summed E-state index contributed by atoms with van der Waals surface area (Å²) in [5, 5.41) is 2.72. The van der Waals surface area contributed by atoms with E-state index in [9.17, 15) is 9.18 Å². The predicted molar refractivity (Wildman–Crippen MR) is 54.5 cm³/mol. The first-order chi connectivity index (χ1) is 6.65. The molecule has 1 N–H and O–H groups in total. The summed E-state index contributed by atoms with van der Waals surface area (Å²) >= 11 is 10.9. The first-order valence-corrected chi connectivity index (χ1v) is 4.85. The summed E-state index contributed by atoms with van der Waals surface area (Å²) in [6, 6.07) is 3.89. The number of halogens is 3. The van der Waals surface area contributed by atoms with Gasteiger partial charge in [0.05, 0.1) is 5.56 Å². The molecule has 0 unspecified atom stereocenters. The van der Waals surface area contributed by atoms with Crippen LogP contribution >= 0.6 is 23.2 Å². The molecule has 0 radical (unpaired) electrons. The van der Waals surface area contributed by atoms with Crippen LogP contribution in [0.25, 0.3) is 0 Å². The molecule has 0 aliphatic heterocycles. The van der Waals surface area contributed by atoms with Gasteiger partial charge in [-0.15, -0.1) is 11.6 Å². The minimum atomic E-state index is -0.635. The summed E-state index contributed by atoms with van der Waals surface area (Å²) in [4.78, 5) is 11.3. The topological polar surface area (TPSA) is 29.1 Å². The molecule has 0 saturated carbocycles. The van der Waals surface area contributed by atoms with Crippen molar-refractivity contribution in [1.82, 2.24) is 5.32 Å². The van der Waals surface area contributed by atoms with E-state index < -0.39 is 11.7 Å². The molecule has 0 aliphatic carbocycles. The van der Waals surface area contributed by atoms with Gasteiger partial charge in [-0.2, -0.15) is 0 Å². The fraction of sp³-hybridized carbons (Fsp3) is 0.222. The molecule has 1 amide bonds. The maximum atomic E-state index is 13.1. The number of amides is 1. The van der Waals surface area contributed by atoms with Gasteiger partial charge in [0.1, 0.15) is 5.82 Å². The van der Waals surface area contributed by atoms with Crippen LogP contribution in [0.3, 0.4) is 0 Å².